The average Bonchev–Trinajstić information content (AvgIpc) is 2.81. The van der Waals surface area contributed by atoms with Crippen molar-refractivity contribution < 1.29 is 4.79 Å². The Kier molecular flexibility index (Phi) is 4.58. The van der Waals surface area contributed by atoms with Gasteiger partial charge in [-0.1, -0.05) is 19.1 Å². The van der Waals surface area contributed by atoms with Crippen LogP contribution >= 0.6 is 22.6 Å². The molecule has 0 spiro atoms. The van der Waals surface area contributed by atoms with Gasteiger partial charge in [-0.3, -0.25) is 4.79 Å². The molecule has 2 aromatic rings. The zero-order valence-corrected chi connectivity index (χ0v) is 12.6. The molecule has 2 rings (SSSR count). The third-order valence-corrected chi connectivity index (χ3v) is 3.55. The molecule has 0 radical (unpaired) electrons. The van der Waals surface area contributed by atoms with Crippen molar-refractivity contribution in [2.45, 2.75) is 26.3 Å². The SMILES string of the molecule is CCCC(=O)c1ccn(Cc2ccc(I)cc2)c1. The summed E-state index contributed by atoms with van der Waals surface area (Å²) in [7, 11) is 0. The van der Waals surface area contributed by atoms with Crippen LogP contribution in [0.15, 0.2) is 42.7 Å². The molecule has 0 amide bonds. The van der Waals surface area contributed by atoms with E-state index in [1.54, 1.807) is 0 Å². The number of nitrogens with zero attached hydrogens (tertiary/aromatic N) is 1. The van der Waals surface area contributed by atoms with E-state index >= 15 is 0 Å². The van der Waals surface area contributed by atoms with Crippen LogP contribution in [0.2, 0.25) is 0 Å². The maximum Gasteiger partial charge on any atom is 0.164 e. The standard InChI is InChI=1S/C15H16INO/c1-2-3-15(18)13-8-9-17(11-13)10-12-4-6-14(16)7-5-12/h4-9,11H,2-3,10H2,1H3. The van der Waals surface area contributed by atoms with Gasteiger partial charge in [0.2, 0.25) is 0 Å². The van der Waals surface area contributed by atoms with Gasteiger partial charge in [0.15, 0.2) is 5.78 Å². The van der Waals surface area contributed by atoms with Gasteiger partial charge in [-0.25, -0.2) is 0 Å². The Morgan fingerprint density at radius 1 is 1.22 bits per heavy atom. The largest absolute Gasteiger partial charge is 0.349 e. The predicted molar refractivity (Wildman–Crippen MR) is 81.9 cm³/mol. The first-order valence-electron chi connectivity index (χ1n) is 6.12. The van der Waals surface area contributed by atoms with Crippen molar-refractivity contribution in [1.82, 2.24) is 4.57 Å². The van der Waals surface area contributed by atoms with E-state index in [0.29, 0.717) is 6.42 Å². The van der Waals surface area contributed by atoms with Crippen molar-refractivity contribution >= 4 is 28.4 Å². The van der Waals surface area contributed by atoms with Crippen LogP contribution in [0.25, 0.3) is 0 Å². The number of hydrogen-bond acceptors (Lipinski definition) is 1. The molecule has 0 unspecified atom stereocenters. The molecule has 1 heterocycles. The number of carbonyl (C=O) groups is 1. The average molecular weight is 353 g/mol. The molecule has 0 saturated carbocycles. The number of aromatic nitrogens is 1. The molecule has 0 N–H and O–H groups in total. The second-order valence-corrected chi connectivity index (χ2v) is 5.62. The Morgan fingerprint density at radius 3 is 2.61 bits per heavy atom. The van der Waals surface area contributed by atoms with E-state index in [0.717, 1.165) is 18.5 Å². The number of carbonyl (C=O) groups excluding carboxylic acids is 1. The van der Waals surface area contributed by atoms with Crippen molar-refractivity contribution in [3.63, 3.8) is 0 Å². The fourth-order valence-electron chi connectivity index (χ4n) is 1.88. The Bertz CT molecular complexity index is 528. The van der Waals surface area contributed by atoms with Crippen LogP contribution < -0.4 is 0 Å². The molecule has 0 atom stereocenters. The van der Waals surface area contributed by atoms with E-state index in [-0.39, 0.29) is 5.78 Å². The minimum absolute atomic E-state index is 0.235. The summed E-state index contributed by atoms with van der Waals surface area (Å²) in [4.78, 5) is 11.7. The topological polar surface area (TPSA) is 22.0 Å². The predicted octanol–water partition coefficient (Wildman–Crippen LogP) is 4.12. The summed E-state index contributed by atoms with van der Waals surface area (Å²) < 4.78 is 3.30. The van der Waals surface area contributed by atoms with Crippen LogP contribution in [0, 0.1) is 3.57 Å². The summed E-state index contributed by atoms with van der Waals surface area (Å²) in [6.07, 6.45) is 5.45. The van der Waals surface area contributed by atoms with E-state index < -0.39 is 0 Å². The Balaban J connectivity index is 2.06. The van der Waals surface area contributed by atoms with E-state index in [2.05, 4.69) is 51.4 Å². The fraction of sp³-hybridized carbons (Fsp3) is 0.267. The molecular weight excluding hydrogens is 337 g/mol. The number of halogens is 1. The smallest absolute Gasteiger partial charge is 0.164 e. The van der Waals surface area contributed by atoms with Crippen LogP contribution in [0.4, 0.5) is 0 Å². The lowest BCUT2D eigenvalue weighted by atomic mass is 10.1. The van der Waals surface area contributed by atoms with Crippen molar-refractivity contribution in [1.29, 1.82) is 0 Å². The molecule has 0 aliphatic rings. The third kappa shape index (κ3) is 3.45. The number of Topliss-reactive ketones (excluding diaryl/α,β-unsaturated/α-hetero) is 1. The van der Waals surface area contributed by atoms with Crippen molar-refractivity contribution in [2.24, 2.45) is 0 Å². The van der Waals surface area contributed by atoms with Gasteiger partial charge in [0.05, 0.1) is 0 Å². The molecule has 0 saturated heterocycles. The van der Waals surface area contributed by atoms with Gasteiger partial charge in [-0.2, -0.15) is 0 Å². The molecule has 18 heavy (non-hydrogen) atoms. The van der Waals surface area contributed by atoms with Crippen LogP contribution in [-0.2, 0) is 6.54 Å². The quantitative estimate of drug-likeness (QED) is 0.585. The summed E-state index contributed by atoms with van der Waals surface area (Å²) in [5.41, 5.74) is 2.07. The molecule has 1 aromatic heterocycles. The van der Waals surface area contributed by atoms with Crippen LogP contribution in [0.5, 0.6) is 0 Å². The minimum Gasteiger partial charge on any atom is -0.349 e. The molecular formula is C15H16INO. The van der Waals surface area contributed by atoms with E-state index in [9.17, 15) is 4.79 Å². The third-order valence-electron chi connectivity index (χ3n) is 2.83. The molecule has 0 aliphatic heterocycles. The second kappa shape index (κ2) is 6.18. The second-order valence-electron chi connectivity index (χ2n) is 4.37. The molecule has 94 valence electrons. The lowest BCUT2D eigenvalue weighted by molar-refractivity contribution is 0.0981. The van der Waals surface area contributed by atoms with E-state index in [1.807, 2.05) is 25.4 Å². The Hall–Kier alpha value is -1.10. The minimum atomic E-state index is 0.235. The van der Waals surface area contributed by atoms with Crippen LogP contribution in [-0.4, -0.2) is 10.4 Å². The van der Waals surface area contributed by atoms with Gasteiger partial charge in [0.25, 0.3) is 0 Å². The number of rotatable bonds is 5. The number of benzene rings is 1. The highest BCUT2D eigenvalue weighted by Gasteiger charge is 2.06. The van der Waals surface area contributed by atoms with Gasteiger partial charge >= 0.3 is 0 Å². The fourth-order valence-corrected chi connectivity index (χ4v) is 2.24. The van der Waals surface area contributed by atoms with Crippen LogP contribution in [0.3, 0.4) is 0 Å². The molecule has 0 aliphatic carbocycles. The Morgan fingerprint density at radius 2 is 1.94 bits per heavy atom. The maximum absolute atomic E-state index is 11.7. The normalized spacial score (nSPS) is 10.6. The molecule has 0 bridgehead atoms. The number of hydrogen-bond donors (Lipinski definition) is 0. The van der Waals surface area contributed by atoms with Gasteiger partial charge in [0.1, 0.15) is 0 Å². The summed E-state index contributed by atoms with van der Waals surface area (Å²) in [6, 6.07) is 10.3. The van der Waals surface area contributed by atoms with Crippen LogP contribution in [0.1, 0.15) is 35.7 Å². The van der Waals surface area contributed by atoms with Gasteiger partial charge in [-0.05, 0) is 52.8 Å². The first kappa shape index (κ1) is 13.3. The van der Waals surface area contributed by atoms with Crippen molar-refractivity contribution in [3.05, 3.63) is 57.4 Å². The highest BCUT2D eigenvalue weighted by atomic mass is 127. The number of ketones is 1. The lowest BCUT2D eigenvalue weighted by Crippen LogP contribution is -1.99. The van der Waals surface area contributed by atoms with Crippen molar-refractivity contribution in [2.75, 3.05) is 0 Å². The maximum atomic E-state index is 11.7. The van der Waals surface area contributed by atoms with E-state index in [1.165, 1.54) is 9.13 Å². The molecule has 1 aromatic carbocycles. The van der Waals surface area contributed by atoms with Gasteiger partial charge in [0, 0.05) is 34.5 Å². The zero-order chi connectivity index (χ0) is 13.0. The first-order chi connectivity index (χ1) is 8.69. The molecule has 3 heteroatoms. The summed E-state index contributed by atoms with van der Waals surface area (Å²) in [5.74, 6) is 0.235. The van der Waals surface area contributed by atoms with Gasteiger partial charge < -0.3 is 4.57 Å². The summed E-state index contributed by atoms with van der Waals surface area (Å²) >= 11 is 2.30. The Labute approximate surface area is 121 Å². The highest BCUT2D eigenvalue weighted by molar-refractivity contribution is 14.1. The van der Waals surface area contributed by atoms with E-state index in [4.69, 9.17) is 0 Å². The summed E-state index contributed by atoms with van der Waals surface area (Å²) in [5, 5.41) is 0. The molecule has 0 fully saturated rings. The highest BCUT2D eigenvalue weighted by Crippen LogP contribution is 2.11. The van der Waals surface area contributed by atoms with Gasteiger partial charge in [-0.15, -0.1) is 0 Å². The monoisotopic (exact) mass is 353 g/mol. The van der Waals surface area contributed by atoms with Crippen molar-refractivity contribution in [3.8, 4) is 0 Å². The molecule has 2 nitrogen and oxygen atoms in total. The zero-order valence-electron chi connectivity index (χ0n) is 10.4. The summed E-state index contributed by atoms with van der Waals surface area (Å²) in [6.45, 7) is 2.84. The first-order valence-corrected chi connectivity index (χ1v) is 7.20. The lowest BCUT2D eigenvalue weighted by Gasteiger charge is -2.03.